The monoisotopic (exact) mass is 274 g/mol. The fourth-order valence-corrected chi connectivity index (χ4v) is 2.89. The normalized spacial score (nSPS) is 24.5. The molecule has 1 aromatic carbocycles. The van der Waals surface area contributed by atoms with Gasteiger partial charge in [0.15, 0.2) is 0 Å². The van der Waals surface area contributed by atoms with Gasteiger partial charge in [-0.2, -0.15) is 0 Å². The number of amides is 1. The molecule has 2 fully saturated rings. The van der Waals surface area contributed by atoms with Crippen molar-refractivity contribution in [2.75, 3.05) is 49.6 Å². The molecule has 0 spiro atoms. The number of nitrogens with zero attached hydrogens (tertiary/aromatic N) is 3. The van der Waals surface area contributed by atoms with E-state index in [-0.39, 0.29) is 11.9 Å². The molecule has 0 aromatic heterocycles. The predicted octanol–water partition coefficient (Wildman–Crippen LogP) is 0.502. The third kappa shape index (κ3) is 2.64. The van der Waals surface area contributed by atoms with E-state index >= 15 is 0 Å². The fraction of sp³-hybridized carbons (Fsp3) is 0.533. The van der Waals surface area contributed by atoms with Gasteiger partial charge in [0.1, 0.15) is 0 Å². The number of anilines is 2. The van der Waals surface area contributed by atoms with Crippen LogP contribution in [0.1, 0.15) is 6.42 Å². The summed E-state index contributed by atoms with van der Waals surface area (Å²) in [5.74, 6) is 0.129. The van der Waals surface area contributed by atoms with Crippen LogP contribution >= 0.6 is 0 Å². The molecule has 0 saturated carbocycles. The molecule has 2 aliphatic rings. The lowest BCUT2D eigenvalue weighted by Gasteiger charge is -2.34. The fourth-order valence-electron chi connectivity index (χ4n) is 2.89. The summed E-state index contributed by atoms with van der Waals surface area (Å²) < 4.78 is 0. The standard InChI is InChI=1S/C15H22N4O/c1-17-6-8-18(9-7-17)13-2-4-14(5-3-13)19-11-12(16)10-15(19)20/h2-5,12H,6-11,16H2,1H3. The van der Waals surface area contributed by atoms with Crippen molar-refractivity contribution in [3.63, 3.8) is 0 Å². The number of carbonyl (C=O) groups is 1. The molecule has 0 aliphatic carbocycles. The first-order valence-corrected chi connectivity index (χ1v) is 7.23. The predicted molar refractivity (Wildman–Crippen MR) is 81.1 cm³/mol. The number of likely N-dealkylation sites (N-methyl/N-ethyl adjacent to an activating group) is 1. The van der Waals surface area contributed by atoms with Crippen LogP contribution in [-0.4, -0.2) is 56.6 Å². The van der Waals surface area contributed by atoms with E-state index in [1.807, 2.05) is 12.1 Å². The van der Waals surface area contributed by atoms with E-state index in [1.165, 1.54) is 5.69 Å². The lowest BCUT2D eigenvalue weighted by atomic mass is 10.2. The highest BCUT2D eigenvalue weighted by Crippen LogP contribution is 2.24. The lowest BCUT2D eigenvalue weighted by molar-refractivity contribution is -0.117. The molecule has 0 radical (unpaired) electrons. The number of nitrogens with two attached hydrogens (primary N) is 1. The Bertz CT molecular complexity index is 479. The number of rotatable bonds is 2. The summed E-state index contributed by atoms with van der Waals surface area (Å²) in [6.45, 7) is 4.95. The zero-order chi connectivity index (χ0) is 14.1. The molecule has 1 atom stereocenters. The Balaban J connectivity index is 1.70. The van der Waals surface area contributed by atoms with E-state index in [9.17, 15) is 4.79 Å². The van der Waals surface area contributed by atoms with Gasteiger partial charge < -0.3 is 20.4 Å². The Morgan fingerprint density at radius 2 is 1.65 bits per heavy atom. The second kappa shape index (κ2) is 5.42. The van der Waals surface area contributed by atoms with Crippen molar-refractivity contribution in [1.29, 1.82) is 0 Å². The molecule has 2 saturated heterocycles. The maximum absolute atomic E-state index is 11.8. The Kier molecular flexibility index (Phi) is 3.63. The quantitative estimate of drug-likeness (QED) is 0.853. The molecule has 2 aliphatic heterocycles. The van der Waals surface area contributed by atoms with E-state index in [0.717, 1.165) is 31.9 Å². The number of carbonyl (C=O) groups excluding carboxylic acids is 1. The van der Waals surface area contributed by atoms with Crippen LogP contribution in [0.4, 0.5) is 11.4 Å². The topological polar surface area (TPSA) is 52.8 Å². The van der Waals surface area contributed by atoms with Gasteiger partial charge in [0.05, 0.1) is 0 Å². The van der Waals surface area contributed by atoms with Gasteiger partial charge in [0, 0.05) is 56.6 Å². The van der Waals surface area contributed by atoms with E-state index in [4.69, 9.17) is 5.73 Å². The molecule has 1 amide bonds. The molecule has 5 heteroatoms. The lowest BCUT2D eigenvalue weighted by Crippen LogP contribution is -2.44. The maximum Gasteiger partial charge on any atom is 0.228 e. The van der Waals surface area contributed by atoms with Gasteiger partial charge >= 0.3 is 0 Å². The van der Waals surface area contributed by atoms with Gasteiger partial charge in [-0.25, -0.2) is 0 Å². The van der Waals surface area contributed by atoms with Gasteiger partial charge in [0.25, 0.3) is 0 Å². The summed E-state index contributed by atoms with van der Waals surface area (Å²) in [6.07, 6.45) is 0.459. The van der Waals surface area contributed by atoms with Crippen LogP contribution in [0.25, 0.3) is 0 Å². The van der Waals surface area contributed by atoms with E-state index < -0.39 is 0 Å². The van der Waals surface area contributed by atoms with Gasteiger partial charge in [-0.1, -0.05) is 0 Å². The Hall–Kier alpha value is -1.59. The summed E-state index contributed by atoms with van der Waals surface area (Å²) in [5.41, 5.74) is 8.03. The first-order valence-electron chi connectivity index (χ1n) is 7.23. The maximum atomic E-state index is 11.8. The van der Waals surface area contributed by atoms with Crippen molar-refractivity contribution in [3.05, 3.63) is 24.3 Å². The van der Waals surface area contributed by atoms with Gasteiger partial charge in [-0.15, -0.1) is 0 Å². The highest BCUT2D eigenvalue weighted by atomic mass is 16.2. The Morgan fingerprint density at radius 1 is 1.05 bits per heavy atom. The zero-order valence-corrected chi connectivity index (χ0v) is 12.0. The van der Waals surface area contributed by atoms with E-state index in [2.05, 4.69) is 29.0 Å². The first kappa shape index (κ1) is 13.4. The van der Waals surface area contributed by atoms with Crippen LogP contribution in [-0.2, 0) is 4.79 Å². The molecule has 2 heterocycles. The molecular formula is C15H22N4O. The molecule has 0 bridgehead atoms. The minimum absolute atomic E-state index is 0.0280. The average molecular weight is 274 g/mol. The second-order valence-electron chi connectivity index (χ2n) is 5.78. The van der Waals surface area contributed by atoms with Crippen LogP contribution in [0.5, 0.6) is 0 Å². The number of piperazine rings is 1. The van der Waals surface area contributed by atoms with Crippen LogP contribution in [0.2, 0.25) is 0 Å². The van der Waals surface area contributed by atoms with Crippen molar-refractivity contribution in [1.82, 2.24) is 4.90 Å². The summed E-state index contributed by atoms with van der Waals surface area (Å²) in [7, 11) is 2.16. The van der Waals surface area contributed by atoms with Crippen molar-refractivity contribution in [2.24, 2.45) is 5.73 Å². The number of hydrogen-bond acceptors (Lipinski definition) is 4. The third-order valence-corrected chi connectivity index (χ3v) is 4.18. The van der Waals surface area contributed by atoms with Gasteiger partial charge in [-0.05, 0) is 31.3 Å². The average Bonchev–Trinajstić information content (AvgIpc) is 2.79. The highest BCUT2D eigenvalue weighted by Gasteiger charge is 2.28. The highest BCUT2D eigenvalue weighted by molar-refractivity contribution is 5.96. The van der Waals surface area contributed by atoms with Crippen molar-refractivity contribution < 1.29 is 4.79 Å². The molecule has 20 heavy (non-hydrogen) atoms. The second-order valence-corrected chi connectivity index (χ2v) is 5.78. The van der Waals surface area contributed by atoms with Crippen molar-refractivity contribution >= 4 is 17.3 Å². The van der Waals surface area contributed by atoms with E-state index in [0.29, 0.717) is 13.0 Å². The number of hydrogen-bond donors (Lipinski definition) is 1. The van der Waals surface area contributed by atoms with Crippen LogP contribution in [0.15, 0.2) is 24.3 Å². The van der Waals surface area contributed by atoms with Crippen LogP contribution < -0.4 is 15.5 Å². The molecule has 3 rings (SSSR count). The van der Waals surface area contributed by atoms with Gasteiger partial charge in [0.2, 0.25) is 5.91 Å². The molecule has 2 N–H and O–H groups in total. The molecule has 1 unspecified atom stereocenters. The van der Waals surface area contributed by atoms with Crippen molar-refractivity contribution in [3.8, 4) is 0 Å². The summed E-state index contributed by atoms with van der Waals surface area (Å²) >= 11 is 0. The molecule has 1 aromatic rings. The summed E-state index contributed by atoms with van der Waals surface area (Å²) in [5, 5.41) is 0. The van der Waals surface area contributed by atoms with Gasteiger partial charge in [-0.3, -0.25) is 4.79 Å². The summed E-state index contributed by atoms with van der Waals surface area (Å²) in [6, 6.07) is 8.25. The molecule has 108 valence electrons. The smallest absolute Gasteiger partial charge is 0.228 e. The van der Waals surface area contributed by atoms with E-state index in [1.54, 1.807) is 4.90 Å². The van der Waals surface area contributed by atoms with Crippen LogP contribution in [0, 0.1) is 0 Å². The Labute approximate surface area is 119 Å². The minimum atomic E-state index is -0.0280. The molecule has 5 nitrogen and oxygen atoms in total. The summed E-state index contributed by atoms with van der Waals surface area (Å²) in [4.78, 5) is 18.4. The SMILES string of the molecule is CN1CCN(c2ccc(N3CC(N)CC3=O)cc2)CC1. The first-order chi connectivity index (χ1) is 9.63. The molecular weight excluding hydrogens is 252 g/mol. The zero-order valence-electron chi connectivity index (χ0n) is 12.0. The minimum Gasteiger partial charge on any atom is -0.369 e. The third-order valence-electron chi connectivity index (χ3n) is 4.18. The van der Waals surface area contributed by atoms with Crippen LogP contribution in [0.3, 0.4) is 0 Å². The Morgan fingerprint density at radius 3 is 2.20 bits per heavy atom. The largest absolute Gasteiger partial charge is 0.369 e. The van der Waals surface area contributed by atoms with Crippen molar-refractivity contribution in [2.45, 2.75) is 12.5 Å². The number of benzene rings is 1.